The number of ether oxygens (including phenoxy) is 2. The lowest BCUT2D eigenvalue weighted by Crippen LogP contribution is -2.23. The quantitative estimate of drug-likeness (QED) is 0.687. The van der Waals surface area contributed by atoms with Crippen molar-refractivity contribution in [2.24, 2.45) is 0 Å². The summed E-state index contributed by atoms with van der Waals surface area (Å²) in [5, 5.41) is 0. The van der Waals surface area contributed by atoms with E-state index in [4.69, 9.17) is 9.47 Å². The molecule has 1 saturated heterocycles. The van der Waals surface area contributed by atoms with Crippen LogP contribution in [0.1, 0.15) is 22.9 Å². The second-order valence-corrected chi connectivity index (χ2v) is 6.73. The number of rotatable bonds is 5. The highest BCUT2D eigenvalue weighted by Crippen LogP contribution is 2.29. The van der Waals surface area contributed by atoms with Crippen molar-refractivity contribution < 1.29 is 9.47 Å². The largest absolute Gasteiger partial charge is 0.497 e. The van der Waals surface area contributed by atoms with Gasteiger partial charge in [-0.25, -0.2) is 0 Å². The van der Waals surface area contributed by atoms with Crippen molar-refractivity contribution in [2.45, 2.75) is 19.7 Å². The highest BCUT2D eigenvalue weighted by Gasteiger charge is 2.27. The van der Waals surface area contributed by atoms with Crippen molar-refractivity contribution in [2.75, 3.05) is 20.3 Å². The average Bonchev–Trinajstić information content (AvgIpc) is 3.31. The Morgan fingerprint density at radius 1 is 1.12 bits per heavy atom. The number of hydrogen-bond donors (Lipinski definition) is 0. The first-order valence-electron chi connectivity index (χ1n) is 8.96. The number of nitrogens with zero attached hydrogens (tertiary/aromatic N) is 2. The summed E-state index contributed by atoms with van der Waals surface area (Å²) in [5.74, 6) is 0.887. The smallest absolute Gasteiger partial charge is 0.138 e. The van der Waals surface area contributed by atoms with E-state index in [1.54, 1.807) is 7.11 Å². The maximum atomic E-state index is 6.03. The number of aryl methyl sites for hydroxylation is 1. The number of methoxy groups -OCH3 is 1. The summed E-state index contributed by atoms with van der Waals surface area (Å²) in [7, 11) is 1.69. The van der Waals surface area contributed by atoms with Crippen molar-refractivity contribution in [3.05, 3.63) is 83.7 Å². The van der Waals surface area contributed by atoms with Gasteiger partial charge in [-0.05, 0) is 48.4 Å². The van der Waals surface area contributed by atoms with Crippen molar-refractivity contribution in [3.63, 3.8) is 0 Å². The summed E-state index contributed by atoms with van der Waals surface area (Å²) in [6, 6.07) is 18.9. The van der Waals surface area contributed by atoms with E-state index in [9.17, 15) is 0 Å². The van der Waals surface area contributed by atoms with Crippen molar-refractivity contribution >= 4 is 0 Å². The van der Waals surface area contributed by atoms with Crippen molar-refractivity contribution in [3.8, 4) is 11.4 Å². The summed E-state index contributed by atoms with van der Waals surface area (Å²) < 4.78 is 13.4. The molecule has 4 nitrogen and oxygen atoms in total. The zero-order chi connectivity index (χ0) is 17.9. The van der Waals surface area contributed by atoms with Crippen LogP contribution in [0.4, 0.5) is 0 Å². The fourth-order valence-corrected chi connectivity index (χ4v) is 3.45. The van der Waals surface area contributed by atoms with E-state index >= 15 is 0 Å². The predicted molar refractivity (Wildman–Crippen MR) is 103 cm³/mol. The van der Waals surface area contributed by atoms with Gasteiger partial charge in [-0.3, -0.25) is 4.90 Å². The monoisotopic (exact) mass is 348 g/mol. The zero-order valence-corrected chi connectivity index (χ0v) is 15.3. The lowest BCUT2D eigenvalue weighted by Gasteiger charge is -2.22. The van der Waals surface area contributed by atoms with Gasteiger partial charge in [-0.2, -0.15) is 0 Å². The molecule has 1 atom stereocenters. The number of aromatic nitrogens is 1. The Morgan fingerprint density at radius 2 is 1.96 bits per heavy atom. The SMILES string of the molecule is COc1ccc(CN2CCO[C@H]2c2ccn(-c3cccc(C)c3)c2)cc1. The first-order valence-corrected chi connectivity index (χ1v) is 8.96. The molecule has 134 valence electrons. The van der Waals surface area contributed by atoms with Crippen LogP contribution in [-0.2, 0) is 11.3 Å². The molecule has 1 aliphatic heterocycles. The van der Waals surface area contributed by atoms with E-state index in [0.717, 1.165) is 25.4 Å². The lowest BCUT2D eigenvalue weighted by molar-refractivity contribution is 0.0288. The van der Waals surface area contributed by atoms with Crippen LogP contribution in [0.5, 0.6) is 5.75 Å². The van der Waals surface area contributed by atoms with Gasteiger partial charge in [0.1, 0.15) is 12.0 Å². The molecular weight excluding hydrogens is 324 g/mol. The van der Waals surface area contributed by atoms with Gasteiger partial charge in [-0.1, -0.05) is 24.3 Å². The molecule has 0 aliphatic carbocycles. The molecule has 0 bridgehead atoms. The maximum absolute atomic E-state index is 6.03. The van der Waals surface area contributed by atoms with Gasteiger partial charge in [0.05, 0.1) is 13.7 Å². The number of hydrogen-bond acceptors (Lipinski definition) is 3. The maximum Gasteiger partial charge on any atom is 0.138 e. The van der Waals surface area contributed by atoms with Crippen molar-refractivity contribution in [1.29, 1.82) is 0 Å². The van der Waals surface area contributed by atoms with Gasteiger partial charge in [0.2, 0.25) is 0 Å². The standard InChI is InChI=1S/C22H24N2O2/c1-17-4-3-5-20(14-17)23-11-10-19(16-23)22-24(12-13-26-22)15-18-6-8-21(25-2)9-7-18/h3-11,14,16,22H,12-13,15H2,1-2H3/t22-/m0/s1. The van der Waals surface area contributed by atoms with Crippen LogP contribution in [-0.4, -0.2) is 29.7 Å². The van der Waals surface area contributed by atoms with E-state index in [-0.39, 0.29) is 6.23 Å². The van der Waals surface area contributed by atoms with E-state index < -0.39 is 0 Å². The zero-order valence-electron chi connectivity index (χ0n) is 15.3. The summed E-state index contributed by atoms with van der Waals surface area (Å²) >= 11 is 0. The Bertz CT molecular complexity index is 870. The van der Waals surface area contributed by atoms with Gasteiger partial charge in [0.15, 0.2) is 0 Å². The van der Waals surface area contributed by atoms with E-state index in [0.29, 0.717) is 0 Å². The molecular formula is C22H24N2O2. The second kappa shape index (κ2) is 7.36. The Labute approximate surface area is 154 Å². The highest BCUT2D eigenvalue weighted by molar-refractivity contribution is 5.37. The molecule has 0 spiro atoms. The first-order chi connectivity index (χ1) is 12.7. The van der Waals surface area contributed by atoms with E-state index in [1.165, 1.54) is 22.4 Å². The molecule has 4 heteroatoms. The second-order valence-electron chi connectivity index (χ2n) is 6.73. The predicted octanol–water partition coefficient (Wildman–Crippen LogP) is 4.33. The topological polar surface area (TPSA) is 26.6 Å². The summed E-state index contributed by atoms with van der Waals surface area (Å²) in [6.07, 6.45) is 4.28. The molecule has 2 heterocycles. The molecule has 1 aromatic heterocycles. The molecule has 0 saturated carbocycles. The molecule has 1 aliphatic rings. The van der Waals surface area contributed by atoms with Crippen LogP contribution in [0.2, 0.25) is 0 Å². The summed E-state index contributed by atoms with van der Waals surface area (Å²) in [4.78, 5) is 2.37. The van der Waals surface area contributed by atoms with Crippen LogP contribution in [0.25, 0.3) is 5.69 Å². The van der Waals surface area contributed by atoms with Gasteiger partial charge < -0.3 is 14.0 Å². The van der Waals surface area contributed by atoms with Gasteiger partial charge in [0.25, 0.3) is 0 Å². The average molecular weight is 348 g/mol. The fourth-order valence-electron chi connectivity index (χ4n) is 3.45. The highest BCUT2D eigenvalue weighted by atomic mass is 16.5. The van der Waals surface area contributed by atoms with Crippen LogP contribution in [0, 0.1) is 6.92 Å². The molecule has 4 rings (SSSR count). The minimum atomic E-state index is 0.00293. The number of benzene rings is 2. The van der Waals surface area contributed by atoms with Crippen LogP contribution < -0.4 is 4.74 Å². The minimum absolute atomic E-state index is 0.00293. The molecule has 3 aromatic rings. The summed E-state index contributed by atoms with van der Waals surface area (Å²) in [6.45, 7) is 4.68. The third-order valence-electron chi connectivity index (χ3n) is 4.83. The molecule has 26 heavy (non-hydrogen) atoms. The summed E-state index contributed by atoms with van der Waals surface area (Å²) in [5.41, 5.74) is 4.89. The molecule has 0 radical (unpaired) electrons. The van der Waals surface area contributed by atoms with Crippen LogP contribution >= 0.6 is 0 Å². The Balaban J connectivity index is 1.51. The molecule has 2 aromatic carbocycles. The molecule has 0 N–H and O–H groups in total. The normalized spacial score (nSPS) is 17.5. The molecule has 0 unspecified atom stereocenters. The molecule has 1 fully saturated rings. The van der Waals surface area contributed by atoms with Gasteiger partial charge in [-0.15, -0.1) is 0 Å². The van der Waals surface area contributed by atoms with Crippen LogP contribution in [0.15, 0.2) is 67.0 Å². The third-order valence-corrected chi connectivity index (χ3v) is 4.83. The molecule has 0 amide bonds. The van der Waals surface area contributed by atoms with E-state index in [1.807, 2.05) is 12.1 Å². The Morgan fingerprint density at radius 3 is 2.73 bits per heavy atom. The Kier molecular flexibility index (Phi) is 4.78. The van der Waals surface area contributed by atoms with Crippen molar-refractivity contribution in [1.82, 2.24) is 9.47 Å². The minimum Gasteiger partial charge on any atom is -0.497 e. The van der Waals surface area contributed by atoms with E-state index in [2.05, 4.69) is 71.2 Å². The van der Waals surface area contributed by atoms with Crippen LogP contribution in [0.3, 0.4) is 0 Å². The van der Waals surface area contributed by atoms with Gasteiger partial charge in [0, 0.05) is 36.7 Å². The first kappa shape index (κ1) is 16.9. The Hall–Kier alpha value is -2.56. The third kappa shape index (κ3) is 3.52. The fraction of sp³-hybridized carbons (Fsp3) is 0.273. The van der Waals surface area contributed by atoms with Gasteiger partial charge >= 0.3 is 0 Å². The lowest BCUT2D eigenvalue weighted by atomic mass is 10.2.